The van der Waals surface area contributed by atoms with E-state index in [2.05, 4.69) is 35.6 Å². The second kappa shape index (κ2) is 3.30. The van der Waals surface area contributed by atoms with E-state index >= 15 is 0 Å². The molecule has 14 heavy (non-hydrogen) atoms. The molecule has 0 saturated carbocycles. The zero-order chi connectivity index (χ0) is 10.2. The molecular formula is C11H19N3. The van der Waals surface area contributed by atoms with Gasteiger partial charge in [0.1, 0.15) is 0 Å². The summed E-state index contributed by atoms with van der Waals surface area (Å²) in [5.74, 6) is 1.05. The Bertz CT molecular complexity index is 320. The first-order valence-corrected chi connectivity index (χ1v) is 5.39. The number of nitrogens with one attached hydrogen (secondary N) is 1. The summed E-state index contributed by atoms with van der Waals surface area (Å²) in [5.41, 5.74) is 1.53. The summed E-state index contributed by atoms with van der Waals surface area (Å²) < 4.78 is 2.33. The number of hydrogen-bond acceptors (Lipinski definition) is 2. The quantitative estimate of drug-likeness (QED) is 0.685. The highest BCUT2D eigenvalue weighted by molar-refractivity contribution is 5.32. The smallest absolute Gasteiger partial charge is 0.203 e. The van der Waals surface area contributed by atoms with Gasteiger partial charge < -0.3 is 9.88 Å². The SMILES string of the molecule is CC(C)(C)c1cnc2n1CCCCN2. The van der Waals surface area contributed by atoms with Crippen LogP contribution in [0.15, 0.2) is 6.20 Å². The van der Waals surface area contributed by atoms with E-state index in [-0.39, 0.29) is 5.41 Å². The lowest BCUT2D eigenvalue weighted by molar-refractivity contribution is 0.513. The summed E-state index contributed by atoms with van der Waals surface area (Å²) in [7, 11) is 0. The standard InChI is InChI=1S/C11H19N3/c1-11(2,3)9-8-13-10-12-6-4-5-7-14(9)10/h8H,4-7H2,1-3H3,(H,12,13). The molecule has 3 heteroatoms. The maximum absolute atomic E-state index is 4.44. The molecule has 1 aliphatic rings. The molecule has 0 atom stereocenters. The lowest BCUT2D eigenvalue weighted by atomic mass is 9.92. The molecule has 2 rings (SSSR count). The Morgan fingerprint density at radius 2 is 2.14 bits per heavy atom. The van der Waals surface area contributed by atoms with Gasteiger partial charge in [0, 0.05) is 24.2 Å². The molecule has 1 aromatic heterocycles. The maximum Gasteiger partial charge on any atom is 0.203 e. The molecule has 0 radical (unpaired) electrons. The van der Waals surface area contributed by atoms with E-state index in [1.54, 1.807) is 0 Å². The van der Waals surface area contributed by atoms with Crippen LogP contribution in [-0.4, -0.2) is 16.1 Å². The van der Waals surface area contributed by atoms with Crippen molar-refractivity contribution in [2.24, 2.45) is 0 Å². The number of aromatic nitrogens is 2. The normalized spacial score (nSPS) is 17.1. The van der Waals surface area contributed by atoms with Crippen molar-refractivity contribution in [2.75, 3.05) is 11.9 Å². The summed E-state index contributed by atoms with van der Waals surface area (Å²) in [4.78, 5) is 4.44. The molecule has 2 heterocycles. The minimum atomic E-state index is 0.192. The minimum absolute atomic E-state index is 0.192. The van der Waals surface area contributed by atoms with Crippen LogP contribution in [0.1, 0.15) is 39.3 Å². The molecule has 1 N–H and O–H groups in total. The van der Waals surface area contributed by atoms with Crippen molar-refractivity contribution >= 4 is 5.95 Å². The second-order valence-electron chi connectivity index (χ2n) is 5.00. The topological polar surface area (TPSA) is 29.9 Å². The number of nitrogens with zero attached hydrogens (tertiary/aromatic N) is 2. The number of hydrogen-bond donors (Lipinski definition) is 1. The molecular weight excluding hydrogens is 174 g/mol. The number of rotatable bonds is 0. The Labute approximate surface area is 85.5 Å². The molecule has 3 nitrogen and oxygen atoms in total. The van der Waals surface area contributed by atoms with Crippen molar-refractivity contribution in [1.82, 2.24) is 9.55 Å². The fourth-order valence-corrected chi connectivity index (χ4v) is 1.94. The third-order valence-electron chi connectivity index (χ3n) is 2.72. The van der Waals surface area contributed by atoms with Crippen molar-refractivity contribution in [3.05, 3.63) is 11.9 Å². The first-order chi connectivity index (χ1) is 6.59. The van der Waals surface area contributed by atoms with E-state index < -0.39 is 0 Å². The zero-order valence-corrected chi connectivity index (χ0v) is 9.30. The average molecular weight is 193 g/mol. The number of imidazole rings is 1. The van der Waals surface area contributed by atoms with Crippen LogP contribution in [0.3, 0.4) is 0 Å². The summed E-state index contributed by atoms with van der Waals surface area (Å²) in [6.45, 7) is 8.88. The molecule has 0 amide bonds. The monoisotopic (exact) mass is 193 g/mol. The van der Waals surface area contributed by atoms with Gasteiger partial charge in [-0.05, 0) is 12.8 Å². The Morgan fingerprint density at radius 3 is 2.86 bits per heavy atom. The fourth-order valence-electron chi connectivity index (χ4n) is 1.94. The zero-order valence-electron chi connectivity index (χ0n) is 9.30. The van der Waals surface area contributed by atoms with Gasteiger partial charge in [0.2, 0.25) is 5.95 Å². The van der Waals surface area contributed by atoms with Crippen LogP contribution in [0.4, 0.5) is 5.95 Å². The second-order valence-corrected chi connectivity index (χ2v) is 5.00. The van der Waals surface area contributed by atoms with E-state index in [1.165, 1.54) is 18.5 Å². The van der Waals surface area contributed by atoms with E-state index in [1.807, 2.05) is 6.20 Å². The van der Waals surface area contributed by atoms with Crippen molar-refractivity contribution in [3.8, 4) is 0 Å². The molecule has 0 bridgehead atoms. The average Bonchev–Trinajstić information content (AvgIpc) is 2.36. The van der Waals surface area contributed by atoms with Crippen LogP contribution in [0.25, 0.3) is 0 Å². The van der Waals surface area contributed by atoms with Gasteiger partial charge >= 0.3 is 0 Å². The number of anilines is 1. The highest BCUT2D eigenvalue weighted by Gasteiger charge is 2.22. The summed E-state index contributed by atoms with van der Waals surface area (Å²) in [6.07, 6.45) is 4.50. The lowest BCUT2D eigenvalue weighted by Crippen LogP contribution is -2.18. The van der Waals surface area contributed by atoms with Crippen LogP contribution in [-0.2, 0) is 12.0 Å². The minimum Gasteiger partial charge on any atom is -0.356 e. The molecule has 0 unspecified atom stereocenters. The Kier molecular flexibility index (Phi) is 2.25. The molecule has 0 spiro atoms. The summed E-state index contributed by atoms with van der Waals surface area (Å²) >= 11 is 0. The Balaban J connectivity index is 2.39. The predicted octanol–water partition coefficient (Wildman–Crippen LogP) is 2.39. The molecule has 0 fully saturated rings. The Morgan fingerprint density at radius 1 is 1.36 bits per heavy atom. The van der Waals surface area contributed by atoms with Gasteiger partial charge in [0.25, 0.3) is 0 Å². The van der Waals surface area contributed by atoms with Gasteiger partial charge in [-0.1, -0.05) is 20.8 Å². The van der Waals surface area contributed by atoms with Gasteiger partial charge in [-0.15, -0.1) is 0 Å². The van der Waals surface area contributed by atoms with E-state index in [4.69, 9.17) is 0 Å². The first-order valence-electron chi connectivity index (χ1n) is 5.39. The fraction of sp³-hybridized carbons (Fsp3) is 0.727. The maximum atomic E-state index is 4.44. The highest BCUT2D eigenvalue weighted by Crippen LogP contribution is 2.26. The van der Waals surface area contributed by atoms with Crippen molar-refractivity contribution in [1.29, 1.82) is 0 Å². The van der Waals surface area contributed by atoms with Crippen LogP contribution < -0.4 is 5.32 Å². The van der Waals surface area contributed by atoms with Crippen molar-refractivity contribution < 1.29 is 0 Å². The molecule has 1 aromatic rings. The lowest BCUT2D eigenvalue weighted by Gasteiger charge is -2.20. The molecule has 78 valence electrons. The third kappa shape index (κ3) is 1.63. The summed E-state index contributed by atoms with van der Waals surface area (Å²) in [6, 6.07) is 0. The number of fused-ring (bicyclic) bond motifs is 1. The highest BCUT2D eigenvalue weighted by atomic mass is 15.2. The van der Waals surface area contributed by atoms with E-state index in [0.29, 0.717) is 0 Å². The molecule has 0 aromatic carbocycles. The predicted molar refractivity (Wildman–Crippen MR) is 58.7 cm³/mol. The molecule has 0 saturated heterocycles. The largest absolute Gasteiger partial charge is 0.356 e. The van der Waals surface area contributed by atoms with Crippen molar-refractivity contribution in [2.45, 2.75) is 45.6 Å². The Hall–Kier alpha value is -0.990. The van der Waals surface area contributed by atoms with Gasteiger partial charge in [-0.2, -0.15) is 0 Å². The van der Waals surface area contributed by atoms with Crippen LogP contribution in [0.5, 0.6) is 0 Å². The van der Waals surface area contributed by atoms with E-state index in [0.717, 1.165) is 19.0 Å². The summed E-state index contributed by atoms with van der Waals surface area (Å²) in [5, 5.41) is 3.37. The van der Waals surface area contributed by atoms with Gasteiger partial charge in [-0.3, -0.25) is 0 Å². The van der Waals surface area contributed by atoms with E-state index in [9.17, 15) is 0 Å². The van der Waals surface area contributed by atoms with Gasteiger partial charge in [-0.25, -0.2) is 4.98 Å². The molecule has 0 aliphatic carbocycles. The third-order valence-corrected chi connectivity index (χ3v) is 2.72. The van der Waals surface area contributed by atoms with Crippen LogP contribution in [0, 0.1) is 0 Å². The molecule has 1 aliphatic heterocycles. The van der Waals surface area contributed by atoms with Gasteiger partial charge in [0.15, 0.2) is 0 Å². The van der Waals surface area contributed by atoms with Crippen LogP contribution >= 0.6 is 0 Å². The van der Waals surface area contributed by atoms with Crippen molar-refractivity contribution in [3.63, 3.8) is 0 Å². The first kappa shape index (κ1) is 9.56. The van der Waals surface area contributed by atoms with Crippen LogP contribution in [0.2, 0.25) is 0 Å². The van der Waals surface area contributed by atoms with Gasteiger partial charge in [0.05, 0.1) is 6.20 Å².